The number of alkyl halides is 6. The van der Waals surface area contributed by atoms with Gasteiger partial charge in [-0.2, -0.15) is 8.78 Å². The summed E-state index contributed by atoms with van der Waals surface area (Å²) in [6, 6.07) is 16.3. The summed E-state index contributed by atoms with van der Waals surface area (Å²) in [4.78, 5) is 0. The van der Waals surface area contributed by atoms with Crippen molar-refractivity contribution in [2.75, 3.05) is 13.2 Å². The molecule has 0 aliphatic carbocycles. The monoisotopic (exact) mass is 762 g/mol. The molecule has 0 atom stereocenters. The number of aryl methyl sites for hydroxylation is 4. The van der Waals surface area contributed by atoms with E-state index in [1.807, 2.05) is 13.8 Å². The van der Waals surface area contributed by atoms with Crippen LogP contribution in [-0.4, -0.2) is 25.9 Å². The molecule has 4 rings (SSSR count). The minimum Gasteiger partial charge on any atom is -0.490 e. The largest absolute Gasteiger partial charge is 0.573 e. The predicted molar refractivity (Wildman–Crippen MR) is 179 cm³/mol. The summed E-state index contributed by atoms with van der Waals surface area (Å²) in [5.41, 5.74) is 1.73. The van der Waals surface area contributed by atoms with Crippen molar-refractivity contribution in [1.82, 2.24) is 0 Å². The molecule has 0 N–H and O–H groups in total. The molecule has 0 unspecified atom stereocenters. The third kappa shape index (κ3) is 15.1. The average molecular weight is 763 g/mol. The Morgan fingerprint density at radius 1 is 0.434 bits per heavy atom. The summed E-state index contributed by atoms with van der Waals surface area (Å²) in [7, 11) is 0. The smallest absolute Gasteiger partial charge is 0.490 e. The van der Waals surface area contributed by atoms with Gasteiger partial charge in [-0.3, -0.25) is 0 Å². The van der Waals surface area contributed by atoms with Crippen LogP contribution in [0.1, 0.15) is 68.2 Å². The van der Waals surface area contributed by atoms with Crippen molar-refractivity contribution in [2.24, 2.45) is 0 Å². The van der Waals surface area contributed by atoms with Crippen LogP contribution in [0.15, 0.2) is 72.8 Å². The third-order valence-electron chi connectivity index (χ3n) is 7.69. The number of rotatable bonds is 17. The molecule has 4 aromatic carbocycles. The zero-order chi connectivity index (χ0) is 39.0. The van der Waals surface area contributed by atoms with Gasteiger partial charge in [-0.25, -0.2) is 8.78 Å². The van der Waals surface area contributed by atoms with Crippen molar-refractivity contribution in [3.8, 4) is 23.0 Å². The zero-order valence-corrected chi connectivity index (χ0v) is 29.1. The lowest BCUT2D eigenvalue weighted by Gasteiger charge is -2.11. The first-order valence-electron chi connectivity index (χ1n) is 17.0. The number of hydrogen-bond donors (Lipinski definition) is 0. The first kappa shape index (κ1) is 42.8. The summed E-state index contributed by atoms with van der Waals surface area (Å²) in [6.07, 6.45) is -4.03. The predicted octanol–water partition coefficient (Wildman–Crippen LogP) is 12.0. The molecule has 0 radical (unpaired) electrons. The van der Waals surface area contributed by atoms with Crippen molar-refractivity contribution < 1.29 is 62.9 Å². The molecular weight excluding hydrogens is 722 g/mol. The maximum absolute atomic E-state index is 14.2. The molecule has 0 fully saturated rings. The van der Waals surface area contributed by atoms with E-state index in [1.165, 1.54) is 72.8 Å². The SMILES string of the molecule is CCCCCOc1ccc(CCc2ccc(OC(F)(F)F)cc2)c(F)c1F.CCCCOc1ccc(CCc2ccc(OC(F)(F)F)cc2)c(F)c1F. The second-order valence-corrected chi connectivity index (χ2v) is 11.8. The lowest BCUT2D eigenvalue weighted by atomic mass is 10.0. The molecular formula is C39H40F10O4. The van der Waals surface area contributed by atoms with E-state index in [0.717, 1.165) is 32.1 Å². The molecule has 0 bridgehead atoms. The topological polar surface area (TPSA) is 36.9 Å². The molecule has 0 saturated carbocycles. The summed E-state index contributed by atoms with van der Waals surface area (Å²) in [5, 5.41) is 0. The van der Waals surface area contributed by atoms with Crippen LogP contribution in [-0.2, 0) is 25.7 Å². The van der Waals surface area contributed by atoms with Crippen molar-refractivity contribution >= 4 is 0 Å². The molecule has 0 heterocycles. The number of halogens is 10. The Balaban J connectivity index is 0.000000286. The summed E-state index contributed by atoms with van der Waals surface area (Å²) < 4.78 is 147. The van der Waals surface area contributed by atoms with Gasteiger partial charge in [0.2, 0.25) is 11.6 Å². The highest BCUT2D eigenvalue weighted by Crippen LogP contribution is 2.28. The lowest BCUT2D eigenvalue weighted by Crippen LogP contribution is -2.17. The Bertz CT molecular complexity index is 1690. The fourth-order valence-corrected chi connectivity index (χ4v) is 4.89. The Kier molecular flexibility index (Phi) is 16.6. The molecule has 0 spiro atoms. The van der Waals surface area contributed by atoms with Gasteiger partial charge in [-0.15, -0.1) is 26.3 Å². The van der Waals surface area contributed by atoms with Gasteiger partial charge >= 0.3 is 12.7 Å². The second kappa shape index (κ2) is 20.6. The van der Waals surface area contributed by atoms with Gasteiger partial charge in [0.25, 0.3) is 0 Å². The summed E-state index contributed by atoms with van der Waals surface area (Å²) in [6.45, 7) is 4.64. The van der Waals surface area contributed by atoms with Crippen LogP contribution < -0.4 is 18.9 Å². The van der Waals surface area contributed by atoms with Crippen LogP contribution in [0.2, 0.25) is 0 Å². The highest BCUT2D eigenvalue weighted by molar-refractivity contribution is 5.34. The van der Waals surface area contributed by atoms with Gasteiger partial charge in [0, 0.05) is 0 Å². The van der Waals surface area contributed by atoms with Gasteiger partial charge in [-0.05, 0) is 97.2 Å². The normalized spacial score (nSPS) is 11.5. The molecule has 4 nitrogen and oxygen atoms in total. The fourth-order valence-electron chi connectivity index (χ4n) is 4.89. The van der Waals surface area contributed by atoms with E-state index in [-0.39, 0.29) is 47.0 Å². The summed E-state index contributed by atoms with van der Waals surface area (Å²) >= 11 is 0. The molecule has 0 aliphatic heterocycles. The number of hydrogen-bond acceptors (Lipinski definition) is 4. The van der Waals surface area contributed by atoms with Crippen molar-refractivity contribution in [3.63, 3.8) is 0 Å². The first-order valence-corrected chi connectivity index (χ1v) is 17.0. The molecule has 0 aromatic heterocycles. The van der Waals surface area contributed by atoms with E-state index < -0.39 is 36.0 Å². The molecule has 0 amide bonds. The van der Waals surface area contributed by atoms with Crippen LogP contribution in [0.25, 0.3) is 0 Å². The van der Waals surface area contributed by atoms with Gasteiger partial charge < -0.3 is 18.9 Å². The molecule has 4 aromatic rings. The molecule has 0 saturated heterocycles. The Hall–Kier alpha value is -4.62. The number of benzene rings is 4. The maximum atomic E-state index is 14.2. The summed E-state index contributed by atoms with van der Waals surface area (Å²) in [5.74, 6) is -4.84. The van der Waals surface area contributed by atoms with Crippen LogP contribution >= 0.6 is 0 Å². The van der Waals surface area contributed by atoms with Gasteiger partial charge in [0.1, 0.15) is 11.5 Å². The van der Waals surface area contributed by atoms with E-state index in [4.69, 9.17) is 9.47 Å². The van der Waals surface area contributed by atoms with Gasteiger partial charge in [0.05, 0.1) is 13.2 Å². The minimum atomic E-state index is -4.75. The van der Waals surface area contributed by atoms with Crippen LogP contribution in [0.5, 0.6) is 23.0 Å². The minimum absolute atomic E-state index is 0.110. The van der Waals surface area contributed by atoms with Crippen molar-refractivity contribution in [1.29, 1.82) is 0 Å². The van der Waals surface area contributed by atoms with E-state index in [9.17, 15) is 43.9 Å². The standard InChI is InChI=1S/C20H21F5O2.C19H19F5O2/c1-2-3-4-13-26-17-12-9-15(18(21)19(17)22)8-5-14-6-10-16(11-7-14)27-20(23,24)25;1-2-3-12-25-16-11-8-14(17(20)18(16)21)7-4-13-5-9-15(10-6-13)26-19(22,23)24/h6-7,9-12H,2-5,8,13H2,1H3;5-6,8-11H,2-4,7,12H2,1H3. The highest BCUT2D eigenvalue weighted by Gasteiger charge is 2.31. The Labute approximate surface area is 301 Å². The van der Waals surface area contributed by atoms with Crippen LogP contribution in [0.3, 0.4) is 0 Å². The number of unbranched alkanes of at least 4 members (excludes halogenated alkanes) is 3. The molecule has 53 heavy (non-hydrogen) atoms. The van der Waals surface area contributed by atoms with E-state index in [0.29, 0.717) is 37.2 Å². The fraction of sp³-hybridized carbons (Fsp3) is 0.385. The van der Waals surface area contributed by atoms with E-state index >= 15 is 0 Å². The highest BCUT2D eigenvalue weighted by atomic mass is 19.4. The quantitative estimate of drug-likeness (QED) is 0.0793. The lowest BCUT2D eigenvalue weighted by molar-refractivity contribution is -0.275. The van der Waals surface area contributed by atoms with Crippen molar-refractivity contribution in [2.45, 2.75) is 84.4 Å². The molecule has 0 aliphatic rings. The van der Waals surface area contributed by atoms with E-state index in [1.54, 1.807) is 0 Å². The van der Waals surface area contributed by atoms with Crippen LogP contribution in [0, 0.1) is 23.3 Å². The zero-order valence-electron chi connectivity index (χ0n) is 29.1. The number of ether oxygens (including phenoxy) is 4. The first-order chi connectivity index (χ1) is 25.1. The van der Waals surface area contributed by atoms with Crippen molar-refractivity contribution in [3.05, 3.63) is 118 Å². The molecule has 290 valence electrons. The molecule has 14 heteroatoms. The maximum Gasteiger partial charge on any atom is 0.573 e. The third-order valence-corrected chi connectivity index (χ3v) is 7.69. The second-order valence-electron chi connectivity index (χ2n) is 11.8. The van der Waals surface area contributed by atoms with E-state index in [2.05, 4.69) is 9.47 Å². The Morgan fingerprint density at radius 3 is 1.17 bits per heavy atom. The van der Waals surface area contributed by atoms with Gasteiger partial charge in [-0.1, -0.05) is 69.5 Å². The van der Waals surface area contributed by atoms with Crippen LogP contribution in [0.4, 0.5) is 43.9 Å². The van der Waals surface area contributed by atoms with Gasteiger partial charge in [0.15, 0.2) is 23.1 Å². The Morgan fingerprint density at radius 2 is 0.811 bits per heavy atom. The average Bonchev–Trinajstić information content (AvgIpc) is 3.10.